The normalized spacial score (nSPS) is 11.1. The molecule has 0 saturated heterocycles. The molecule has 0 saturated carbocycles. The number of ether oxygens (including phenoxy) is 1. The lowest BCUT2D eigenvalue weighted by Gasteiger charge is -2.08. The van der Waals surface area contributed by atoms with Crippen LogP contribution in [0.2, 0.25) is 0 Å². The smallest absolute Gasteiger partial charge is 0.0489 e. The maximum Gasteiger partial charge on any atom is 0.0489 e. The van der Waals surface area contributed by atoms with Gasteiger partial charge in [-0.2, -0.15) is 0 Å². The van der Waals surface area contributed by atoms with Gasteiger partial charge in [-0.15, -0.1) is 0 Å². The number of benzene rings is 2. The molecule has 134 valence electrons. The first kappa shape index (κ1) is 20.2. The topological polar surface area (TPSA) is 25.0 Å². The van der Waals surface area contributed by atoms with Gasteiger partial charge in [0.1, 0.15) is 0 Å². The summed E-state index contributed by atoms with van der Waals surface area (Å²) in [5, 5.41) is 0. The Bertz CT molecular complexity index is 864. The number of aromatic amines is 1. The lowest BCUT2D eigenvalue weighted by molar-refractivity contribution is 0.162. The maximum atomic E-state index is 4.83. The quantitative estimate of drug-likeness (QED) is 0.477. The molecule has 4 radical (unpaired) electrons. The van der Waals surface area contributed by atoms with E-state index in [2.05, 4.69) is 67.5 Å². The van der Waals surface area contributed by atoms with Gasteiger partial charge in [-0.1, -0.05) is 42.5 Å². The fraction of sp³-hybridized carbons (Fsp3) is 0.304. The summed E-state index contributed by atoms with van der Waals surface area (Å²) in [6.45, 7) is 10.0. The molecule has 26 heavy (non-hydrogen) atoms. The Hall–Kier alpha value is -2.10. The van der Waals surface area contributed by atoms with E-state index in [4.69, 9.17) is 4.74 Å². The molecule has 1 aliphatic rings. The van der Waals surface area contributed by atoms with Crippen molar-refractivity contribution in [2.75, 3.05) is 13.2 Å². The largest absolute Gasteiger partial charge is 0.382 e. The van der Waals surface area contributed by atoms with Crippen LogP contribution < -0.4 is 0 Å². The summed E-state index contributed by atoms with van der Waals surface area (Å²) in [5.74, 6) is 0. The van der Waals surface area contributed by atoms with E-state index in [9.17, 15) is 0 Å². The predicted octanol–water partition coefficient (Wildman–Crippen LogP) is 5.53. The van der Waals surface area contributed by atoms with Crippen LogP contribution in [0.4, 0.5) is 0 Å². The van der Waals surface area contributed by atoms with Gasteiger partial charge in [0.2, 0.25) is 0 Å². The average molecular weight is 362 g/mol. The highest BCUT2D eigenvalue weighted by atomic mass is 28.1. The molecule has 2 aromatic carbocycles. The number of fused-ring (bicyclic) bond motifs is 3. The molecule has 3 aromatic rings. The third kappa shape index (κ3) is 3.84. The van der Waals surface area contributed by atoms with Gasteiger partial charge in [0.15, 0.2) is 0 Å². The monoisotopic (exact) mass is 361 g/mol. The van der Waals surface area contributed by atoms with Crippen LogP contribution in [0.15, 0.2) is 48.7 Å². The Morgan fingerprint density at radius 3 is 2.15 bits per heavy atom. The molecule has 3 heteroatoms. The molecule has 0 bridgehead atoms. The summed E-state index contributed by atoms with van der Waals surface area (Å²) in [6, 6.07) is 15.4. The molecule has 2 nitrogen and oxygen atoms in total. The predicted molar refractivity (Wildman–Crippen MR) is 112 cm³/mol. The molecule has 0 spiro atoms. The zero-order valence-corrected chi connectivity index (χ0v) is 17.1. The molecule has 0 unspecified atom stereocenters. The van der Waals surface area contributed by atoms with Crippen LogP contribution in [-0.4, -0.2) is 29.2 Å². The van der Waals surface area contributed by atoms with Crippen molar-refractivity contribution >= 4 is 11.0 Å². The molecule has 1 aliphatic carbocycles. The second kappa shape index (κ2) is 9.02. The van der Waals surface area contributed by atoms with Gasteiger partial charge in [0.25, 0.3) is 0 Å². The third-order valence-corrected chi connectivity index (χ3v) is 4.93. The molecular weight excluding hydrogens is 334 g/mol. The van der Waals surface area contributed by atoms with Crippen LogP contribution in [0.3, 0.4) is 0 Å². The summed E-state index contributed by atoms with van der Waals surface area (Å²) in [7, 11) is 0. The van der Waals surface area contributed by atoms with Crippen molar-refractivity contribution in [3.8, 4) is 22.4 Å². The number of H-pyrrole nitrogens is 1. The van der Waals surface area contributed by atoms with E-state index in [1.165, 1.54) is 44.6 Å². The van der Waals surface area contributed by atoms with Crippen LogP contribution >= 0.6 is 0 Å². The highest BCUT2D eigenvalue weighted by Crippen LogP contribution is 2.41. The van der Waals surface area contributed by atoms with E-state index < -0.39 is 0 Å². The molecule has 0 amide bonds. The van der Waals surface area contributed by atoms with E-state index in [0.29, 0.717) is 0 Å². The van der Waals surface area contributed by atoms with Crippen molar-refractivity contribution in [2.45, 2.75) is 34.1 Å². The summed E-state index contributed by atoms with van der Waals surface area (Å²) in [5.41, 5.74) is 11.0. The Morgan fingerprint density at radius 1 is 0.885 bits per heavy atom. The molecule has 1 aromatic heterocycles. The zero-order valence-electron chi connectivity index (χ0n) is 16.1. The minimum Gasteiger partial charge on any atom is -0.382 e. The van der Waals surface area contributed by atoms with Gasteiger partial charge >= 0.3 is 0 Å². The second-order valence-corrected chi connectivity index (χ2v) is 6.42. The minimum absolute atomic E-state index is 0. The molecule has 0 fully saturated rings. The third-order valence-electron chi connectivity index (χ3n) is 4.93. The van der Waals surface area contributed by atoms with Gasteiger partial charge in [-0.25, -0.2) is 0 Å². The molecule has 0 aliphatic heterocycles. The van der Waals surface area contributed by atoms with Crippen molar-refractivity contribution < 1.29 is 4.74 Å². The number of nitrogens with one attached hydrogen (secondary N) is 1. The number of hydrogen-bond donors (Lipinski definition) is 1. The standard InChI is InChI=1S/C19H17N.C4H10O.Si/c1-12-11-20-19(13(12)2)17-9-5-8-16-15-7-4-3-6-14(15)10-18(16)17;1-3-5-4-2;/h3-9,11,20H,10H2,1-2H3;3-4H2,1-2H3;. The molecule has 1 heterocycles. The van der Waals surface area contributed by atoms with E-state index in [1.54, 1.807) is 0 Å². The molecule has 1 N–H and O–H groups in total. The Kier molecular flexibility index (Phi) is 7.01. The fourth-order valence-electron chi connectivity index (χ4n) is 3.47. The molecular formula is C23H27NOSi. The highest BCUT2D eigenvalue weighted by molar-refractivity contribution is 5.84. The Balaban J connectivity index is 0.000000362. The van der Waals surface area contributed by atoms with Crippen molar-refractivity contribution in [1.82, 2.24) is 4.98 Å². The maximum absolute atomic E-state index is 4.83. The van der Waals surface area contributed by atoms with Crippen molar-refractivity contribution in [1.29, 1.82) is 0 Å². The van der Waals surface area contributed by atoms with Crippen molar-refractivity contribution in [2.24, 2.45) is 0 Å². The molecule has 0 atom stereocenters. The summed E-state index contributed by atoms with van der Waals surface area (Å²) >= 11 is 0. The van der Waals surface area contributed by atoms with Crippen LogP contribution in [0, 0.1) is 13.8 Å². The number of rotatable bonds is 3. The second-order valence-electron chi connectivity index (χ2n) is 6.42. The lowest BCUT2D eigenvalue weighted by Crippen LogP contribution is -1.89. The first-order chi connectivity index (χ1) is 12.2. The van der Waals surface area contributed by atoms with Gasteiger partial charge in [-0.05, 0) is 67.5 Å². The van der Waals surface area contributed by atoms with Gasteiger partial charge < -0.3 is 9.72 Å². The summed E-state index contributed by atoms with van der Waals surface area (Å²) in [6.07, 6.45) is 3.14. The van der Waals surface area contributed by atoms with Gasteiger partial charge in [0, 0.05) is 41.6 Å². The van der Waals surface area contributed by atoms with Crippen LogP contribution in [0.25, 0.3) is 22.4 Å². The lowest BCUT2D eigenvalue weighted by atomic mass is 9.97. The first-order valence-corrected chi connectivity index (χ1v) is 9.10. The fourth-order valence-corrected chi connectivity index (χ4v) is 3.47. The average Bonchev–Trinajstić information content (AvgIpc) is 3.17. The first-order valence-electron chi connectivity index (χ1n) is 9.10. The zero-order chi connectivity index (χ0) is 17.8. The number of aromatic nitrogens is 1. The van der Waals surface area contributed by atoms with Crippen LogP contribution in [-0.2, 0) is 11.2 Å². The SMILES string of the molecule is CCOCC.Cc1c[nH]c(-c2cccc3c2Cc2ccccc2-3)c1C.[Si]. The van der Waals surface area contributed by atoms with Crippen LogP contribution in [0.1, 0.15) is 36.1 Å². The Labute approximate surface area is 161 Å². The van der Waals surface area contributed by atoms with E-state index in [-0.39, 0.29) is 11.0 Å². The van der Waals surface area contributed by atoms with Gasteiger partial charge in [0.05, 0.1) is 0 Å². The van der Waals surface area contributed by atoms with Crippen molar-refractivity contribution in [3.05, 3.63) is 70.9 Å². The highest BCUT2D eigenvalue weighted by Gasteiger charge is 2.22. The van der Waals surface area contributed by atoms with Crippen LogP contribution in [0.5, 0.6) is 0 Å². The van der Waals surface area contributed by atoms with Gasteiger partial charge in [-0.3, -0.25) is 0 Å². The summed E-state index contributed by atoms with van der Waals surface area (Å²) < 4.78 is 4.83. The summed E-state index contributed by atoms with van der Waals surface area (Å²) in [4.78, 5) is 3.45. The minimum atomic E-state index is 0. The van der Waals surface area contributed by atoms with E-state index in [0.717, 1.165) is 19.6 Å². The van der Waals surface area contributed by atoms with E-state index >= 15 is 0 Å². The molecule has 4 rings (SSSR count). The Morgan fingerprint density at radius 2 is 1.54 bits per heavy atom. The number of aryl methyl sites for hydroxylation is 1. The van der Waals surface area contributed by atoms with Crippen molar-refractivity contribution in [3.63, 3.8) is 0 Å². The number of hydrogen-bond acceptors (Lipinski definition) is 1. The van der Waals surface area contributed by atoms with E-state index in [1.807, 2.05) is 13.8 Å².